The molecule has 1 atom stereocenters. The van der Waals surface area contributed by atoms with Crippen molar-refractivity contribution >= 4 is 17.5 Å². The molecule has 0 aromatic heterocycles. The third kappa shape index (κ3) is 4.80. The summed E-state index contributed by atoms with van der Waals surface area (Å²) in [6.07, 6.45) is 0.432. The van der Waals surface area contributed by atoms with Crippen LogP contribution >= 0.6 is 0 Å². The molecular formula is C17H19N3O4. The van der Waals surface area contributed by atoms with Gasteiger partial charge in [-0.15, -0.1) is 0 Å². The van der Waals surface area contributed by atoms with Crippen molar-refractivity contribution in [3.05, 3.63) is 54.1 Å². The Morgan fingerprint density at radius 1 is 1.21 bits per heavy atom. The highest BCUT2D eigenvalue weighted by Crippen LogP contribution is 2.29. The van der Waals surface area contributed by atoms with Gasteiger partial charge in [-0.1, -0.05) is 18.2 Å². The minimum absolute atomic E-state index is 0.0388. The molecule has 0 aliphatic carbocycles. The number of hydrogen-bond donors (Lipinski definition) is 4. The van der Waals surface area contributed by atoms with Gasteiger partial charge >= 0.3 is 0 Å². The molecule has 6 N–H and O–H groups in total. The van der Waals surface area contributed by atoms with E-state index in [2.05, 4.69) is 11.1 Å². The van der Waals surface area contributed by atoms with Crippen LogP contribution in [0.3, 0.4) is 0 Å². The van der Waals surface area contributed by atoms with E-state index in [1.165, 1.54) is 0 Å². The molecule has 7 nitrogen and oxygen atoms in total. The van der Waals surface area contributed by atoms with E-state index in [1.807, 2.05) is 48.5 Å². The molecule has 24 heavy (non-hydrogen) atoms. The van der Waals surface area contributed by atoms with Crippen LogP contribution in [0, 0.1) is 0 Å². The topological polar surface area (TPSA) is 128 Å². The monoisotopic (exact) mass is 329 g/mol. The first-order valence-electron chi connectivity index (χ1n) is 7.31. The Kier molecular flexibility index (Phi) is 5.89. The molecule has 0 saturated carbocycles. The molecule has 0 radical (unpaired) electrons. The van der Waals surface area contributed by atoms with Crippen molar-refractivity contribution < 1.29 is 19.4 Å². The molecular weight excluding hydrogens is 310 g/mol. The average molecular weight is 329 g/mol. The Labute approximate surface area is 139 Å². The second-order valence-electron chi connectivity index (χ2n) is 5.15. The molecule has 0 fully saturated rings. The van der Waals surface area contributed by atoms with Crippen LogP contribution in [0.4, 0.5) is 5.69 Å². The maximum atomic E-state index is 11.2. The van der Waals surface area contributed by atoms with Crippen molar-refractivity contribution in [3.8, 4) is 11.5 Å². The maximum Gasteiger partial charge on any atom is 0.236 e. The molecule has 7 heteroatoms. The second-order valence-corrected chi connectivity index (χ2v) is 5.15. The van der Waals surface area contributed by atoms with Gasteiger partial charge in [0.05, 0.1) is 13.0 Å². The van der Waals surface area contributed by atoms with E-state index in [1.54, 1.807) is 0 Å². The minimum atomic E-state index is -0.903. The van der Waals surface area contributed by atoms with Gasteiger partial charge in [0.25, 0.3) is 0 Å². The number of nitrogens with one attached hydrogen (secondary N) is 1. The second kappa shape index (κ2) is 8.09. The number of amides is 2. The molecule has 0 bridgehead atoms. The smallest absolute Gasteiger partial charge is 0.236 e. The van der Waals surface area contributed by atoms with Crippen molar-refractivity contribution in [2.24, 2.45) is 11.5 Å². The van der Waals surface area contributed by atoms with Crippen molar-refractivity contribution in [1.82, 2.24) is 0 Å². The van der Waals surface area contributed by atoms with E-state index < -0.39 is 11.9 Å². The number of anilines is 1. The van der Waals surface area contributed by atoms with Crippen LogP contribution in [0.1, 0.15) is 5.56 Å². The lowest BCUT2D eigenvalue weighted by molar-refractivity contribution is -0.120. The van der Waals surface area contributed by atoms with Gasteiger partial charge in [-0.3, -0.25) is 9.59 Å². The summed E-state index contributed by atoms with van der Waals surface area (Å²) in [5.41, 5.74) is 11.4. The lowest BCUT2D eigenvalue weighted by atomic mass is 10.1. The molecule has 2 amide bonds. The molecule has 3 rings (SSSR count). The summed E-state index contributed by atoms with van der Waals surface area (Å²) in [6, 6.07) is 14.3. The number of rotatable bonds is 4. The summed E-state index contributed by atoms with van der Waals surface area (Å²) in [5.74, 6) is 0.913. The number of nitrogens with two attached hydrogens (primary N) is 2. The van der Waals surface area contributed by atoms with Gasteiger partial charge in [0.15, 0.2) is 0 Å². The predicted octanol–water partition coefficient (Wildman–Crippen LogP) is 0.765. The fourth-order valence-electron chi connectivity index (χ4n) is 1.98. The van der Waals surface area contributed by atoms with Gasteiger partial charge in [0.1, 0.15) is 17.5 Å². The summed E-state index contributed by atoms with van der Waals surface area (Å²) in [5, 5.41) is 10.9. The number of ether oxygens (including phenoxy) is 1. The summed E-state index contributed by atoms with van der Waals surface area (Å²) < 4.78 is 5.70. The number of para-hydroxylation sites is 1. The van der Waals surface area contributed by atoms with Crippen LogP contribution in [0.25, 0.3) is 0 Å². The van der Waals surface area contributed by atoms with Crippen LogP contribution in [0.2, 0.25) is 0 Å². The highest BCUT2D eigenvalue weighted by molar-refractivity contribution is 5.99. The molecule has 1 unspecified atom stereocenters. The summed E-state index contributed by atoms with van der Waals surface area (Å²) in [4.78, 5) is 21.1. The number of hydrogen-bond acceptors (Lipinski definition) is 5. The lowest BCUT2D eigenvalue weighted by Crippen LogP contribution is -2.39. The fourth-order valence-corrected chi connectivity index (χ4v) is 1.98. The first kappa shape index (κ1) is 17.5. The quantitative estimate of drug-likeness (QED) is 0.658. The van der Waals surface area contributed by atoms with Gasteiger partial charge in [0.2, 0.25) is 11.8 Å². The van der Waals surface area contributed by atoms with Gasteiger partial charge in [-0.2, -0.15) is 0 Å². The summed E-state index contributed by atoms with van der Waals surface area (Å²) in [7, 11) is 0. The predicted molar refractivity (Wildman–Crippen MR) is 89.5 cm³/mol. The third-order valence-corrected chi connectivity index (χ3v) is 3.24. The Balaban J connectivity index is 0.000000256. The molecule has 126 valence electrons. The van der Waals surface area contributed by atoms with Crippen LogP contribution in [0.5, 0.6) is 11.5 Å². The number of aliphatic hydroxyl groups excluding tert-OH is 1. The van der Waals surface area contributed by atoms with Crippen molar-refractivity contribution in [3.63, 3.8) is 0 Å². The molecule has 2 aromatic rings. The SMILES string of the molecule is NC(=O)C(N)CO.O=C1Cc2cc(Oc3ccccc3)ccc2N1. The summed E-state index contributed by atoms with van der Waals surface area (Å²) in [6.45, 7) is -0.380. The number of carbonyl (C=O) groups is 2. The summed E-state index contributed by atoms with van der Waals surface area (Å²) >= 11 is 0. The lowest BCUT2D eigenvalue weighted by Gasteiger charge is -2.06. The molecule has 0 saturated heterocycles. The zero-order valence-electron chi connectivity index (χ0n) is 12.9. The Hall–Kier alpha value is -2.90. The van der Waals surface area contributed by atoms with Crippen molar-refractivity contribution in [2.75, 3.05) is 11.9 Å². The Morgan fingerprint density at radius 3 is 2.50 bits per heavy atom. The molecule has 1 aliphatic heterocycles. The van der Waals surface area contributed by atoms with Gasteiger partial charge in [0, 0.05) is 5.69 Å². The number of carbonyl (C=O) groups excluding carboxylic acids is 2. The van der Waals surface area contributed by atoms with Crippen LogP contribution in [-0.2, 0) is 16.0 Å². The van der Waals surface area contributed by atoms with E-state index in [4.69, 9.17) is 15.6 Å². The standard InChI is InChI=1S/C14H11NO2.C3H8N2O2/c16-14-9-10-8-12(6-7-13(10)15-14)17-11-4-2-1-3-5-11;4-2(1-6)3(5)7/h1-8H,9H2,(H,15,16);2,6H,1,4H2,(H2,5,7). The number of aliphatic hydroxyl groups is 1. The molecule has 1 heterocycles. The van der Waals surface area contributed by atoms with Crippen molar-refractivity contribution in [2.45, 2.75) is 12.5 Å². The zero-order chi connectivity index (χ0) is 17.5. The van der Waals surface area contributed by atoms with Crippen LogP contribution in [0.15, 0.2) is 48.5 Å². The highest BCUT2D eigenvalue weighted by Gasteiger charge is 2.17. The average Bonchev–Trinajstić information content (AvgIpc) is 2.95. The zero-order valence-corrected chi connectivity index (χ0v) is 12.9. The largest absolute Gasteiger partial charge is 0.457 e. The normalized spacial score (nSPS) is 13.2. The third-order valence-electron chi connectivity index (χ3n) is 3.24. The van der Waals surface area contributed by atoms with E-state index in [0.717, 1.165) is 22.7 Å². The molecule has 2 aromatic carbocycles. The number of primary amides is 1. The van der Waals surface area contributed by atoms with E-state index in [9.17, 15) is 9.59 Å². The van der Waals surface area contributed by atoms with E-state index >= 15 is 0 Å². The van der Waals surface area contributed by atoms with Crippen LogP contribution < -0.4 is 21.5 Å². The van der Waals surface area contributed by atoms with Gasteiger partial charge < -0.3 is 26.6 Å². The fraction of sp³-hybridized carbons (Fsp3) is 0.176. The highest BCUT2D eigenvalue weighted by atomic mass is 16.5. The van der Waals surface area contributed by atoms with E-state index in [0.29, 0.717) is 6.42 Å². The van der Waals surface area contributed by atoms with Gasteiger partial charge in [-0.25, -0.2) is 0 Å². The van der Waals surface area contributed by atoms with Crippen LogP contribution in [-0.4, -0.2) is 29.6 Å². The Bertz CT molecular complexity index is 719. The number of benzene rings is 2. The van der Waals surface area contributed by atoms with Crippen molar-refractivity contribution in [1.29, 1.82) is 0 Å². The first-order chi connectivity index (χ1) is 11.5. The molecule has 0 spiro atoms. The van der Waals surface area contributed by atoms with E-state index in [-0.39, 0.29) is 12.5 Å². The Morgan fingerprint density at radius 2 is 1.92 bits per heavy atom. The minimum Gasteiger partial charge on any atom is -0.457 e. The van der Waals surface area contributed by atoms with Gasteiger partial charge in [-0.05, 0) is 35.9 Å². The first-order valence-corrected chi connectivity index (χ1v) is 7.31. The number of fused-ring (bicyclic) bond motifs is 1. The molecule has 1 aliphatic rings. The maximum absolute atomic E-state index is 11.2.